The predicted molar refractivity (Wildman–Crippen MR) is 86.1 cm³/mol. The Morgan fingerprint density at radius 2 is 2.05 bits per heavy atom. The van der Waals surface area contributed by atoms with Gasteiger partial charge in [-0.3, -0.25) is 9.78 Å². The summed E-state index contributed by atoms with van der Waals surface area (Å²) in [5.74, 6) is 0.498. The summed E-state index contributed by atoms with van der Waals surface area (Å²) >= 11 is 0. The van der Waals surface area contributed by atoms with Crippen molar-refractivity contribution in [3.05, 3.63) is 59.9 Å². The molecule has 1 heterocycles. The summed E-state index contributed by atoms with van der Waals surface area (Å²) < 4.78 is 0. The Kier molecular flexibility index (Phi) is 5.09. The third kappa shape index (κ3) is 4.42. The standard InChI is InChI=1S/C18H22N2O/c1-14(2)10-18(21)20(13-16-7-5-9-19-12-16)17-8-4-6-15(3)11-17/h4-9,11-12,14H,10,13H2,1-3H3. The second kappa shape index (κ2) is 7.02. The zero-order valence-electron chi connectivity index (χ0n) is 12.9. The van der Waals surface area contributed by atoms with Crippen molar-refractivity contribution in [1.29, 1.82) is 0 Å². The van der Waals surface area contributed by atoms with Gasteiger partial charge >= 0.3 is 0 Å². The Labute approximate surface area is 126 Å². The van der Waals surface area contributed by atoms with E-state index in [1.54, 1.807) is 6.20 Å². The van der Waals surface area contributed by atoms with Crippen molar-refractivity contribution in [3.8, 4) is 0 Å². The molecule has 0 spiro atoms. The molecule has 21 heavy (non-hydrogen) atoms. The van der Waals surface area contributed by atoms with Gasteiger partial charge in [-0.1, -0.05) is 32.0 Å². The first-order chi connectivity index (χ1) is 10.1. The van der Waals surface area contributed by atoms with E-state index in [1.807, 2.05) is 48.4 Å². The second-order valence-electron chi connectivity index (χ2n) is 5.78. The zero-order chi connectivity index (χ0) is 15.2. The number of carbonyl (C=O) groups excluding carboxylic acids is 1. The van der Waals surface area contributed by atoms with Crippen LogP contribution in [0.1, 0.15) is 31.4 Å². The maximum absolute atomic E-state index is 12.6. The number of aromatic nitrogens is 1. The smallest absolute Gasteiger partial charge is 0.227 e. The first-order valence-electron chi connectivity index (χ1n) is 7.32. The molecule has 3 nitrogen and oxygen atoms in total. The van der Waals surface area contributed by atoms with Crippen LogP contribution in [0, 0.1) is 12.8 Å². The largest absolute Gasteiger partial charge is 0.308 e. The molecule has 0 N–H and O–H groups in total. The van der Waals surface area contributed by atoms with Crippen LogP contribution < -0.4 is 4.90 Å². The normalized spacial score (nSPS) is 10.7. The van der Waals surface area contributed by atoms with Gasteiger partial charge in [-0.2, -0.15) is 0 Å². The number of aryl methyl sites for hydroxylation is 1. The van der Waals surface area contributed by atoms with Crippen molar-refractivity contribution < 1.29 is 4.79 Å². The average molecular weight is 282 g/mol. The van der Waals surface area contributed by atoms with Crippen LogP contribution in [0.15, 0.2) is 48.8 Å². The van der Waals surface area contributed by atoms with E-state index in [9.17, 15) is 4.79 Å². The number of hydrogen-bond acceptors (Lipinski definition) is 2. The first kappa shape index (κ1) is 15.2. The Balaban J connectivity index is 2.28. The second-order valence-corrected chi connectivity index (χ2v) is 5.78. The molecular formula is C18H22N2O. The van der Waals surface area contributed by atoms with Gasteiger partial charge in [-0.15, -0.1) is 0 Å². The Morgan fingerprint density at radius 3 is 2.67 bits per heavy atom. The van der Waals surface area contributed by atoms with Gasteiger partial charge in [0.1, 0.15) is 0 Å². The van der Waals surface area contributed by atoms with Crippen LogP contribution in [0.4, 0.5) is 5.69 Å². The van der Waals surface area contributed by atoms with Gasteiger partial charge in [0.15, 0.2) is 0 Å². The summed E-state index contributed by atoms with van der Waals surface area (Å²) in [6.45, 7) is 6.73. The monoisotopic (exact) mass is 282 g/mol. The molecule has 0 aliphatic carbocycles. The van der Waals surface area contributed by atoms with Gasteiger partial charge in [0, 0.05) is 24.5 Å². The summed E-state index contributed by atoms with van der Waals surface area (Å²) in [7, 11) is 0. The fourth-order valence-electron chi connectivity index (χ4n) is 2.25. The van der Waals surface area contributed by atoms with Gasteiger partial charge in [-0.25, -0.2) is 0 Å². The molecule has 2 aromatic rings. The highest BCUT2D eigenvalue weighted by molar-refractivity contribution is 5.93. The molecule has 0 bridgehead atoms. The maximum atomic E-state index is 12.6. The molecule has 0 saturated heterocycles. The van der Waals surface area contributed by atoms with Crippen molar-refractivity contribution in [2.45, 2.75) is 33.7 Å². The molecule has 0 aliphatic heterocycles. The number of benzene rings is 1. The first-order valence-corrected chi connectivity index (χ1v) is 7.32. The van der Waals surface area contributed by atoms with E-state index in [2.05, 4.69) is 24.9 Å². The number of nitrogens with zero attached hydrogens (tertiary/aromatic N) is 2. The third-order valence-corrected chi connectivity index (χ3v) is 3.26. The Morgan fingerprint density at radius 1 is 1.24 bits per heavy atom. The number of hydrogen-bond donors (Lipinski definition) is 0. The van der Waals surface area contributed by atoms with E-state index in [4.69, 9.17) is 0 Å². The average Bonchev–Trinajstić information content (AvgIpc) is 2.45. The Bertz CT molecular complexity index is 593. The Hall–Kier alpha value is -2.16. The molecule has 3 heteroatoms. The van der Waals surface area contributed by atoms with Crippen molar-refractivity contribution in [2.24, 2.45) is 5.92 Å². The lowest BCUT2D eigenvalue weighted by Crippen LogP contribution is -2.31. The molecule has 1 amide bonds. The summed E-state index contributed by atoms with van der Waals surface area (Å²) in [5.41, 5.74) is 3.14. The van der Waals surface area contributed by atoms with E-state index in [-0.39, 0.29) is 5.91 Å². The number of rotatable bonds is 5. The van der Waals surface area contributed by atoms with Crippen molar-refractivity contribution in [3.63, 3.8) is 0 Å². The molecule has 0 saturated carbocycles. The van der Waals surface area contributed by atoms with E-state index in [1.165, 1.54) is 0 Å². The lowest BCUT2D eigenvalue weighted by molar-refractivity contribution is -0.119. The molecule has 0 unspecified atom stereocenters. The highest BCUT2D eigenvalue weighted by atomic mass is 16.2. The van der Waals surface area contributed by atoms with Crippen molar-refractivity contribution >= 4 is 11.6 Å². The number of pyridine rings is 1. The van der Waals surface area contributed by atoms with E-state index < -0.39 is 0 Å². The van der Waals surface area contributed by atoms with Gasteiger partial charge in [0.25, 0.3) is 0 Å². The van der Waals surface area contributed by atoms with Crippen LogP contribution in [0.5, 0.6) is 0 Å². The van der Waals surface area contributed by atoms with Crippen LogP contribution in [0.3, 0.4) is 0 Å². The van der Waals surface area contributed by atoms with Crippen molar-refractivity contribution in [2.75, 3.05) is 4.90 Å². The minimum absolute atomic E-state index is 0.152. The highest BCUT2D eigenvalue weighted by Gasteiger charge is 2.17. The maximum Gasteiger partial charge on any atom is 0.227 e. The number of anilines is 1. The lowest BCUT2D eigenvalue weighted by atomic mass is 10.1. The molecule has 2 rings (SSSR count). The minimum atomic E-state index is 0.152. The van der Waals surface area contributed by atoms with E-state index in [0.29, 0.717) is 18.9 Å². The van der Waals surface area contributed by atoms with Gasteiger partial charge < -0.3 is 4.90 Å². The molecule has 0 radical (unpaired) electrons. The van der Waals surface area contributed by atoms with E-state index >= 15 is 0 Å². The van der Waals surface area contributed by atoms with Crippen LogP contribution in [0.2, 0.25) is 0 Å². The van der Waals surface area contributed by atoms with Crippen LogP contribution in [0.25, 0.3) is 0 Å². The van der Waals surface area contributed by atoms with Crippen LogP contribution in [-0.4, -0.2) is 10.9 Å². The zero-order valence-corrected chi connectivity index (χ0v) is 12.9. The molecule has 1 aromatic heterocycles. The van der Waals surface area contributed by atoms with Gasteiger partial charge in [0.05, 0.1) is 6.54 Å². The van der Waals surface area contributed by atoms with Crippen LogP contribution >= 0.6 is 0 Å². The van der Waals surface area contributed by atoms with Crippen LogP contribution in [-0.2, 0) is 11.3 Å². The summed E-state index contributed by atoms with van der Waals surface area (Å²) in [5, 5.41) is 0. The molecule has 0 atom stereocenters. The number of amides is 1. The fraction of sp³-hybridized carbons (Fsp3) is 0.333. The minimum Gasteiger partial charge on any atom is -0.308 e. The van der Waals surface area contributed by atoms with Gasteiger partial charge in [-0.05, 0) is 42.2 Å². The predicted octanol–water partition coefficient (Wildman–Crippen LogP) is 3.97. The van der Waals surface area contributed by atoms with Crippen molar-refractivity contribution in [1.82, 2.24) is 4.98 Å². The van der Waals surface area contributed by atoms with E-state index in [0.717, 1.165) is 16.8 Å². The molecule has 0 aliphatic rings. The fourth-order valence-corrected chi connectivity index (χ4v) is 2.25. The summed E-state index contributed by atoms with van der Waals surface area (Å²) in [6.07, 6.45) is 4.11. The molecular weight excluding hydrogens is 260 g/mol. The van der Waals surface area contributed by atoms with Gasteiger partial charge in [0.2, 0.25) is 5.91 Å². The number of carbonyl (C=O) groups is 1. The molecule has 110 valence electrons. The summed E-state index contributed by atoms with van der Waals surface area (Å²) in [6, 6.07) is 12.0. The quantitative estimate of drug-likeness (QED) is 0.831. The third-order valence-electron chi connectivity index (χ3n) is 3.26. The summed E-state index contributed by atoms with van der Waals surface area (Å²) in [4.78, 5) is 18.6. The molecule has 1 aromatic carbocycles. The highest BCUT2D eigenvalue weighted by Crippen LogP contribution is 2.20. The molecule has 0 fully saturated rings. The topological polar surface area (TPSA) is 33.2 Å². The SMILES string of the molecule is Cc1cccc(N(Cc2cccnc2)C(=O)CC(C)C)c1. The lowest BCUT2D eigenvalue weighted by Gasteiger charge is -2.24.